The Morgan fingerprint density at radius 3 is 2.79 bits per heavy atom. The Kier molecular flexibility index (Phi) is 4.14. The number of halogens is 1. The number of hydrogen-bond acceptors (Lipinski definition) is 6. The molecule has 0 aliphatic carbocycles. The fraction of sp³-hybridized carbons (Fsp3) is 0.278. The summed E-state index contributed by atoms with van der Waals surface area (Å²) in [7, 11) is -3.58. The molecule has 3 aromatic heterocycles. The first-order chi connectivity index (χ1) is 13.5. The maximum atomic E-state index is 14.5. The lowest BCUT2D eigenvalue weighted by Gasteiger charge is -2.31. The third-order valence-electron chi connectivity index (χ3n) is 5.23. The van der Waals surface area contributed by atoms with Crippen LogP contribution in [0.2, 0.25) is 0 Å². The summed E-state index contributed by atoms with van der Waals surface area (Å²) in [6.07, 6.45) is 4.15. The first-order valence-corrected chi connectivity index (χ1v) is 11.2. The van der Waals surface area contributed by atoms with E-state index in [1.165, 1.54) is 28.0 Å². The Hall–Kier alpha value is -2.43. The van der Waals surface area contributed by atoms with Crippen LogP contribution in [0.3, 0.4) is 0 Å². The third-order valence-corrected chi connectivity index (χ3v) is 7.91. The van der Waals surface area contributed by atoms with Crippen molar-refractivity contribution in [2.24, 2.45) is 0 Å². The van der Waals surface area contributed by atoms with Gasteiger partial charge in [0, 0.05) is 30.9 Å². The zero-order chi connectivity index (χ0) is 19.3. The zero-order valence-electron chi connectivity index (χ0n) is 14.7. The van der Waals surface area contributed by atoms with Crippen molar-refractivity contribution in [3.8, 4) is 0 Å². The van der Waals surface area contributed by atoms with Gasteiger partial charge in [0.05, 0.1) is 20.6 Å². The molecule has 0 unspecified atom stereocenters. The molecule has 1 aliphatic rings. The number of pyridine rings is 1. The Morgan fingerprint density at radius 2 is 1.96 bits per heavy atom. The van der Waals surface area contributed by atoms with Crippen molar-refractivity contribution in [2.45, 2.75) is 23.7 Å². The average molecular weight is 417 g/mol. The number of piperidine rings is 1. The van der Waals surface area contributed by atoms with Gasteiger partial charge in [0.15, 0.2) is 5.65 Å². The maximum Gasteiger partial charge on any atom is 0.243 e. The van der Waals surface area contributed by atoms with Crippen LogP contribution < -0.4 is 0 Å². The first kappa shape index (κ1) is 17.7. The van der Waals surface area contributed by atoms with Gasteiger partial charge in [-0.1, -0.05) is 0 Å². The highest BCUT2D eigenvalue weighted by atomic mass is 32.2. The molecule has 0 saturated carbocycles. The smallest absolute Gasteiger partial charge is 0.243 e. The molecule has 28 heavy (non-hydrogen) atoms. The van der Waals surface area contributed by atoms with Gasteiger partial charge in [-0.3, -0.25) is 0 Å². The summed E-state index contributed by atoms with van der Waals surface area (Å²) in [4.78, 5) is 8.44. The van der Waals surface area contributed by atoms with Crippen molar-refractivity contribution < 1.29 is 12.8 Å². The van der Waals surface area contributed by atoms with E-state index in [9.17, 15) is 12.8 Å². The summed E-state index contributed by atoms with van der Waals surface area (Å²) in [6.45, 7) is 0.700. The average Bonchev–Trinajstić information content (AvgIpc) is 3.35. The van der Waals surface area contributed by atoms with Crippen LogP contribution in [0.5, 0.6) is 0 Å². The van der Waals surface area contributed by atoms with E-state index in [0.29, 0.717) is 37.1 Å². The number of hydrogen-bond donors (Lipinski definition) is 0. The Bertz CT molecular complexity index is 1280. The van der Waals surface area contributed by atoms with Gasteiger partial charge in [0.1, 0.15) is 12.1 Å². The normalized spacial score (nSPS) is 16.9. The lowest BCUT2D eigenvalue weighted by molar-refractivity contribution is 0.315. The van der Waals surface area contributed by atoms with Gasteiger partial charge in [-0.15, -0.1) is 11.3 Å². The number of rotatable bonds is 3. The van der Waals surface area contributed by atoms with Crippen molar-refractivity contribution in [3.63, 3.8) is 0 Å². The van der Waals surface area contributed by atoms with Gasteiger partial charge in [-0.2, -0.15) is 9.40 Å². The Morgan fingerprint density at radius 1 is 1.14 bits per heavy atom. The molecular formula is C18H16FN5O2S2. The van der Waals surface area contributed by atoms with Crippen molar-refractivity contribution in [2.75, 3.05) is 13.1 Å². The number of sulfonamides is 1. The highest BCUT2D eigenvalue weighted by Gasteiger charge is 2.31. The monoisotopic (exact) mass is 417 g/mol. The highest BCUT2D eigenvalue weighted by Crippen LogP contribution is 2.33. The molecule has 1 aromatic carbocycles. The molecule has 4 heterocycles. The van der Waals surface area contributed by atoms with E-state index in [1.54, 1.807) is 34.4 Å². The lowest BCUT2D eigenvalue weighted by atomic mass is 9.91. The van der Waals surface area contributed by atoms with E-state index in [0.717, 1.165) is 10.2 Å². The summed E-state index contributed by atoms with van der Waals surface area (Å²) < 4.78 is 44.4. The van der Waals surface area contributed by atoms with E-state index in [2.05, 4.69) is 15.1 Å². The predicted octanol–water partition coefficient (Wildman–Crippen LogP) is 3.05. The van der Waals surface area contributed by atoms with Crippen LogP contribution in [-0.4, -0.2) is 45.4 Å². The summed E-state index contributed by atoms with van der Waals surface area (Å²) in [5, 5.41) is 4.06. The summed E-state index contributed by atoms with van der Waals surface area (Å²) in [5.74, 6) is -0.374. The van der Waals surface area contributed by atoms with Gasteiger partial charge < -0.3 is 0 Å². The number of aromatic nitrogens is 4. The summed E-state index contributed by atoms with van der Waals surface area (Å²) in [5.41, 5.74) is 3.51. The summed E-state index contributed by atoms with van der Waals surface area (Å²) in [6, 6.07) is 6.37. The van der Waals surface area contributed by atoms with Gasteiger partial charge in [-0.05, 0) is 37.0 Å². The molecule has 0 spiro atoms. The van der Waals surface area contributed by atoms with Crippen molar-refractivity contribution in [1.82, 2.24) is 23.9 Å². The van der Waals surface area contributed by atoms with Crippen LogP contribution in [0.15, 0.2) is 47.2 Å². The van der Waals surface area contributed by atoms with E-state index >= 15 is 0 Å². The topological polar surface area (TPSA) is 80.5 Å². The molecule has 4 aromatic rings. The van der Waals surface area contributed by atoms with Crippen LogP contribution in [0.25, 0.3) is 15.9 Å². The molecule has 0 radical (unpaired) electrons. The molecule has 0 bridgehead atoms. The first-order valence-electron chi connectivity index (χ1n) is 8.84. The highest BCUT2D eigenvalue weighted by molar-refractivity contribution is 7.89. The fourth-order valence-electron chi connectivity index (χ4n) is 3.70. The van der Waals surface area contributed by atoms with Gasteiger partial charge >= 0.3 is 0 Å². The molecule has 1 saturated heterocycles. The van der Waals surface area contributed by atoms with Crippen molar-refractivity contribution in [3.05, 3.63) is 53.7 Å². The zero-order valence-corrected chi connectivity index (χ0v) is 16.3. The Balaban J connectivity index is 1.37. The fourth-order valence-corrected chi connectivity index (χ4v) is 5.99. The molecule has 10 heteroatoms. The van der Waals surface area contributed by atoms with Crippen LogP contribution in [0.4, 0.5) is 4.39 Å². The molecule has 0 atom stereocenters. The van der Waals surface area contributed by atoms with Crippen molar-refractivity contribution in [1.29, 1.82) is 0 Å². The SMILES string of the molecule is O=S(=O)(c1ccc2ncsc2c1)N1CCC(c2cn3ncnc3cc2F)CC1. The largest absolute Gasteiger partial charge is 0.245 e. The van der Waals surface area contributed by atoms with Crippen LogP contribution in [-0.2, 0) is 10.0 Å². The standard InChI is InChI=1S/C18H16FN5O2S2/c19-15-8-18-20-10-22-24(18)9-14(15)12-3-5-23(6-4-12)28(25,26)13-1-2-16-17(7-13)27-11-21-16/h1-2,7-12H,3-6H2. The minimum atomic E-state index is -3.58. The minimum Gasteiger partial charge on any atom is -0.245 e. The van der Waals surface area contributed by atoms with Crippen LogP contribution in [0, 0.1) is 5.82 Å². The molecule has 5 rings (SSSR count). The Labute approximate surface area is 164 Å². The van der Waals surface area contributed by atoms with Crippen LogP contribution in [0.1, 0.15) is 24.3 Å². The number of nitrogens with zero attached hydrogens (tertiary/aromatic N) is 5. The second kappa shape index (κ2) is 6.57. The van der Waals surface area contributed by atoms with E-state index in [-0.39, 0.29) is 16.6 Å². The second-order valence-corrected chi connectivity index (χ2v) is 9.62. The van der Waals surface area contributed by atoms with E-state index < -0.39 is 10.0 Å². The molecular weight excluding hydrogens is 401 g/mol. The van der Waals surface area contributed by atoms with E-state index in [4.69, 9.17) is 0 Å². The maximum absolute atomic E-state index is 14.5. The number of fused-ring (bicyclic) bond motifs is 2. The predicted molar refractivity (Wildman–Crippen MR) is 103 cm³/mol. The molecule has 1 fully saturated rings. The molecule has 0 amide bonds. The van der Waals surface area contributed by atoms with Crippen molar-refractivity contribution >= 4 is 37.2 Å². The van der Waals surface area contributed by atoms with Gasteiger partial charge in [0.25, 0.3) is 0 Å². The molecule has 7 nitrogen and oxygen atoms in total. The van der Waals surface area contributed by atoms with Gasteiger partial charge in [0.2, 0.25) is 10.0 Å². The second-order valence-electron chi connectivity index (χ2n) is 6.80. The third kappa shape index (κ3) is 2.88. The quantitative estimate of drug-likeness (QED) is 0.512. The van der Waals surface area contributed by atoms with Gasteiger partial charge in [-0.25, -0.2) is 27.3 Å². The van der Waals surface area contributed by atoms with Crippen LogP contribution >= 0.6 is 11.3 Å². The number of thiazole rings is 1. The molecule has 1 aliphatic heterocycles. The minimum absolute atomic E-state index is 0.0518. The molecule has 0 N–H and O–H groups in total. The van der Waals surface area contributed by atoms with E-state index in [1.807, 2.05) is 0 Å². The molecule has 144 valence electrons. The lowest BCUT2D eigenvalue weighted by Crippen LogP contribution is -2.38. The number of benzene rings is 1. The summed E-state index contributed by atoms with van der Waals surface area (Å²) >= 11 is 1.42.